The van der Waals surface area contributed by atoms with Crippen molar-refractivity contribution in [3.63, 3.8) is 0 Å². The van der Waals surface area contributed by atoms with Gasteiger partial charge in [-0.1, -0.05) is 0 Å². The van der Waals surface area contributed by atoms with Gasteiger partial charge in [0.25, 0.3) is 0 Å². The molecule has 1 aromatic rings. The number of benzene rings is 1. The van der Waals surface area contributed by atoms with E-state index in [0.29, 0.717) is 6.04 Å². The quantitative estimate of drug-likeness (QED) is 0.747. The molecule has 1 aromatic carbocycles. The molecule has 0 radical (unpaired) electrons. The van der Waals surface area contributed by atoms with Gasteiger partial charge in [-0.15, -0.1) is 11.8 Å². The number of nitrogens with one attached hydrogen (secondary N) is 1. The van der Waals surface area contributed by atoms with E-state index in [4.69, 9.17) is 0 Å². The predicted octanol–water partition coefficient (Wildman–Crippen LogP) is 2.03. The molecule has 1 aliphatic carbocycles. The van der Waals surface area contributed by atoms with Crippen LogP contribution in [-0.4, -0.2) is 29.5 Å². The zero-order valence-electron chi connectivity index (χ0n) is 9.03. The third-order valence-electron chi connectivity index (χ3n) is 2.53. The number of aliphatic hydroxyl groups excluding tert-OH is 1. The molecule has 0 bridgehead atoms. The third kappa shape index (κ3) is 3.77. The van der Waals surface area contributed by atoms with Crippen LogP contribution in [-0.2, 0) is 0 Å². The van der Waals surface area contributed by atoms with Crippen molar-refractivity contribution in [3.8, 4) is 0 Å². The molecule has 0 aliphatic heterocycles. The molecule has 1 atom stereocenters. The van der Waals surface area contributed by atoms with Gasteiger partial charge in [0.2, 0.25) is 0 Å². The zero-order valence-corrected chi connectivity index (χ0v) is 9.84. The second-order valence-electron chi connectivity index (χ2n) is 4.09. The maximum absolute atomic E-state index is 12.7. The van der Waals surface area contributed by atoms with Crippen LogP contribution >= 0.6 is 11.8 Å². The highest BCUT2D eigenvalue weighted by atomic mass is 32.2. The molecule has 0 saturated heterocycles. The summed E-state index contributed by atoms with van der Waals surface area (Å²) in [5.74, 6) is 0.609. The van der Waals surface area contributed by atoms with Gasteiger partial charge in [0.05, 0.1) is 6.61 Å². The Bertz CT molecular complexity index is 326. The largest absolute Gasteiger partial charge is 0.395 e. The first-order valence-electron chi connectivity index (χ1n) is 5.53. The Kier molecular flexibility index (Phi) is 4.21. The molecule has 0 heterocycles. The SMILES string of the molecule is OCC(CSc1ccc(F)cc1)NC1CC1. The molecule has 0 amide bonds. The van der Waals surface area contributed by atoms with Crippen molar-refractivity contribution < 1.29 is 9.50 Å². The van der Waals surface area contributed by atoms with Crippen LogP contribution < -0.4 is 5.32 Å². The molecule has 88 valence electrons. The lowest BCUT2D eigenvalue weighted by atomic mass is 10.3. The Morgan fingerprint density at radius 3 is 2.62 bits per heavy atom. The molecular formula is C12H16FNOS. The van der Waals surface area contributed by atoms with E-state index in [1.165, 1.54) is 25.0 Å². The van der Waals surface area contributed by atoms with Crippen molar-refractivity contribution >= 4 is 11.8 Å². The van der Waals surface area contributed by atoms with Crippen LogP contribution in [0.3, 0.4) is 0 Å². The highest BCUT2D eigenvalue weighted by molar-refractivity contribution is 7.99. The topological polar surface area (TPSA) is 32.3 Å². The summed E-state index contributed by atoms with van der Waals surface area (Å²) in [6, 6.07) is 7.21. The average Bonchev–Trinajstić information content (AvgIpc) is 3.10. The third-order valence-corrected chi connectivity index (χ3v) is 3.71. The van der Waals surface area contributed by atoms with E-state index in [0.717, 1.165) is 10.6 Å². The van der Waals surface area contributed by atoms with Crippen molar-refractivity contribution in [1.82, 2.24) is 5.32 Å². The van der Waals surface area contributed by atoms with E-state index in [2.05, 4.69) is 5.32 Å². The molecule has 1 fully saturated rings. The van der Waals surface area contributed by atoms with Crippen molar-refractivity contribution in [2.45, 2.75) is 29.8 Å². The molecule has 1 unspecified atom stereocenters. The fourth-order valence-electron chi connectivity index (χ4n) is 1.46. The van der Waals surface area contributed by atoms with Gasteiger partial charge in [-0.05, 0) is 37.1 Å². The van der Waals surface area contributed by atoms with Crippen LogP contribution in [0.5, 0.6) is 0 Å². The highest BCUT2D eigenvalue weighted by Crippen LogP contribution is 2.22. The molecule has 0 aromatic heterocycles. The monoisotopic (exact) mass is 241 g/mol. The number of hydrogen-bond acceptors (Lipinski definition) is 3. The summed E-state index contributed by atoms with van der Waals surface area (Å²) in [5, 5.41) is 12.6. The molecule has 2 N–H and O–H groups in total. The molecule has 16 heavy (non-hydrogen) atoms. The van der Waals surface area contributed by atoms with E-state index < -0.39 is 0 Å². The number of hydrogen-bond donors (Lipinski definition) is 2. The van der Waals surface area contributed by atoms with Crippen molar-refractivity contribution in [2.24, 2.45) is 0 Å². The normalized spacial score (nSPS) is 17.4. The van der Waals surface area contributed by atoms with Crippen LogP contribution in [0.15, 0.2) is 29.2 Å². The van der Waals surface area contributed by atoms with Gasteiger partial charge in [0.1, 0.15) is 5.82 Å². The summed E-state index contributed by atoms with van der Waals surface area (Å²) in [6.07, 6.45) is 2.44. The van der Waals surface area contributed by atoms with Crippen molar-refractivity contribution in [3.05, 3.63) is 30.1 Å². The molecular weight excluding hydrogens is 225 g/mol. The summed E-state index contributed by atoms with van der Waals surface area (Å²) in [5.41, 5.74) is 0. The van der Waals surface area contributed by atoms with Gasteiger partial charge in [-0.3, -0.25) is 0 Å². The fourth-order valence-corrected chi connectivity index (χ4v) is 2.39. The molecule has 4 heteroatoms. The zero-order chi connectivity index (χ0) is 11.4. The van der Waals surface area contributed by atoms with Crippen LogP contribution in [0, 0.1) is 5.82 Å². The lowest BCUT2D eigenvalue weighted by Gasteiger charge is -2.15. The van der Waals surface area contributed by atoms with Crippen molar-refractivity contribution in [2.75, 3.05) is 12.4 Å². The van der Waals surface area contributed by atoms with Gasteiger partial charge in [-0.25, -0.2) is 4.39 Å². The number of rotatable bonds is 6. The second kappa shape index (κ2) is 5.66. The van der Waals surface area contributed by atoms with E-state index in [1.54, 1.807) is 23.9 Å². The summed E-state index contributed by atoms with van der Waals surface area (Å²) in [7, 11) is 0. The fraction of sp³-hybridized carbons (Fsp3) is 0.500. The Balaban J connectivity index is 1.77. The Morgan fingerprint density at radius 1 is 1.38 bits per heavy atom. The highest BCUT2D eigenvalue weighted by Gasteiger charge is 2.24. The average molecular weight is 241 g/mol. The number of thioether (sulfide) groups is 1. The maximum atomic E-state index is 12.7. The summed E-state index contributed by atoms with van der Waals surface area (Å²) in [4.78, 5) is 1.04. The van der Waals surface area contributed by atoms with E-state index in [-0.39, 0.29) is 18.5 Å². The lowest BCUT2D eigenvalue weighted by molar-refractivity contribution is 0.253. The van der Waals surface area contributed by atoms with E-state index >= 15 is 0 Å². The second-order valence-corrected chi connectivity index (χ2v) is 5.18. The van der Waals surface area contributed by atoms with E-state index in [1.807, 2.05) is 0 Å². The van der Waals surface area contributed by atoms with Gasteiger partial charge >= 0.3 is 0 Å². The Hall–Kier alpha value is -0.580. The molecule has 1 aliphatic rings. The first kappa shape index (κ1) is 11.9. The van der Waals surface area contributed by atoms with Crippen molar-refractivity contribution in [1.29, 1.82) is 0 Å². The summed E-state index contributed by atoms with van der Waals surface area (Å²) < 4.78 is 12.7. The summed E-state index contributed by atoms with van der Waals surface area (Å²) >= 11 is 1.64. The van der Waals surface area contributed by atoms with Crippen LogP contribution in [0.1, 0.15) is 12.8 Å². The van der Waals surface area contributed by atoms with Gasteiger partial charge in [0.15, 0.2) is 0 Å². The predicted molar refractivity (Wildman–Crippen MR) is 64.2 cm³/mol. The van der Waals surface area contributed by atoms with E-state index in [9.17, 15) is 9.50 Å². The number of aliphatic hydroxyl groups is 1. The van der Waals surface area contributed by atoms with Gasteiger partial charge in [-0.2, -0.15) is 0 Å². The smallest absolute Gasteiger partial charge is 0.123 e. The molecule has 0 spiro atoms. The minimum Gasteiger partial charge on any atom is -0.395 e. The van der Waals surface area contributed by atoms with Crippen LogP contribution in [0.4, 0.5) is 4.39 Å². The molecule has 2 rings (SSSR count). The maximum Gasteiger partial charge on any atom is 0.123 e. The Morgan fingerprint density at radius 2 is 2.06 bits per heavy atom. The molecule has 1 saturated carbocycles. The van der Waals surface area contributed by atoms with Crippen LogP contribution in [0.25, 0.3) is 0 Å². The Labute approximate surface area is 99.2 Å². The lowest BCUT2D eigenvalue weighted by Crippen LogP contribution is -2.36. The van der Waals surface area contributed by atoms with Gasteiger partial charge in [0, 0.05) is 22.7 Å². The van der Waals surface area contributed by atoms with Crippen LogP contribution in [0.2, 0.25) is 0 Å². The summed E-state index contributed by atoms with van der Waals surface area (Å²) in [6.45, 7) is 0.157. The first-order valence-corrected chi connectivity index (χ1v) is 6.52. The number of halogens is 1. The molecule has 2 nitrogen and oxygen atoms in total. The first-order chi connectivity index (χ1) is 7.78. The van der Waals surface area contributed by atoms with Gasteiger partial charge < -0.3 is 10.4 Å². The minimum absolute atomic E-state index is 0.141. The minimum atomic E-state index is -0.209. The standard InChI is InChI=1S/C12H16FNOS/c13-9-1-5-12(6-2-9)16-8-11(7-15)14-10-3-4-10/h1-2,5-6,10-11,14-15H,3-4,7-8H2.